The second kappa shape index (κ2) is 6.08. The maximum Gasteiger partial charge on any atom is 0.242 e. The van der Waals surface area contributed by atoms with Gasteiger partial charge in [-0.3, -0.25) is 4.98 Å². The van der Waals surface area contributed by atoms with Crippen LogP contribution in [0.25, 0.3) is 0 Å². The maximum atomic E-state index is 12.9. The molecule has 0 aromatic carbocycles. The molecule has 1 aromatic heterocycles. The number of rotatable bonds is 6. The van der Waals surface area contributed by atoms with Gasteiger partial charge in [-0.2, -0.15) is 0 Å². The van der Waals surface area contributed by atoms with Gasteiger partial charge in [-0.15, -0.1) is 0 Å². The van der Waals surface area contributed by atoms with Gasteiger partial charge in [0.25, 0.3) is 0 Å². The molecule has 1 heterocycles. The highest BCUT2D eigenvalue weighted by Gasteiger charge is 2.22. The van der Waals surface area contributed by atoms with Gasteiger partial charge in [-0.1, -0.05) is 29.8 Å². The minimum Gasteiger partial charge on any atom is -0.260 e. The van der Waals surface area contributed by atoms with Gasteiger partial charge in [0.1, 0.15) is 10.7 Å². The second-order valence-corrected chi connectivity index (χ2v) is 7.33. The zero-order valence-corrected chi connectivity index (χ0v) is 12.7. The van der Waals surface area contributed by atoms with Crippen molar-refractivity contribution in [3.63, 3.8) is 0 Å². The van der Waals surface area contributed by atoms with Crippen LogP contribution in [0.1, 0.15) is 20.3 Å². The first-order chi connectivity index (χ1) is 8.27. The fourth-order valence-electron chi connectivity index (χ4n) is 1.26. The van der Waals surface area contributed by atoms with E-state index in [2.05, 4.69) is 25.6 Å². The lowest BCUT2D eigenvalue weighted by Gasteiger charge is -2.23. The molecule has 0 amide bonds. The smallest absolute Gasteiger partial charge is 0.242 e. The van der Waals surface area contributed by atoms with Crippen LogP contribution in [-0.2, 0) is 10.0 Å². The molecule has 0 aliphatic rings. The SMILES string of the molecule is CC(C)(CCBr)CNS(=O)(=O)c1cncc(F)c1. The molecular weight excluding hydrogens is 323 g/mol. The van der Waals surface area contributed by atoms with Crippen molar-refractivity contribution < 1.29 is 12.8 Å². The molecule has 0 saturated carbocycles. The predicted molar refractivity (Wildman–Crippen MR) is 71.6 cm³/mol. The molecule has 1 N–H and O–H groups in total. The van der Waals surface area contributed by atoms with Crippen LogP contribution in [0.15, 0.2) is 23.4 Å². The van der Waals surface area contributed by atoms with E-state index in [-0.39, 0.29) is 16.9 Å². The summed E-state index contributed by atoms with van der Waals surface area (Å²) in [6.07, 6.45) is 2.92. The predicted octanol–water partition coefficient (Wildman–Crippen LogP) is 2.31. The van der Waals surface area contributed by atoms with E-state index in [0.717, 1.165) is 30.2 Å². The summed E-state index contributed by atoms with van der Waals surface area (Å²) < 4.78 is 39.2. The topological polar surface area (TPSA) is 59.1 Å². The summed E-state index contributed by atoms with van der Waals surface area (Å²) in [7, 11) is -3.70. The first-order valence-electron chi connectivity index (χ1n) is 5.43. The van der Waals surface area contributed by atoms with E-state index in [4.69, 9.17) is 0 Å². The second-order valence-electron chi connectivity index (χ2n) is 4.77. The number of pyridine rings is 1. The molecule has 0 radical (unpaired) electrons. The van der Waals surface area contributed by atoms with Crippen LogP contribution in [-0.4, -0.2) is 25.3 Å². The first kappa shape index (κ1) is 15.5. The van der Waals surface area contributed by atoms with Crippen molar-refractivity contribution in [1.29, 1.82) is 0 Å². The molecule has 0 spiro atoms. The molecule has 1 aromatic rings. The van der Waals surface area contributed by atoms with Gasteiger partial charge in [0.2, 0.25) is 10.0 Å². The molecule has 0 atom stereocenters. The van der Waals surface area contributed by atoms with Gasteiger partial charge in [0.05, 0.1) is 6.20 Å². The Morgan fingerprint density at radius 3 is 2.67 bits per heavy atom. The Kier molecular flexibility index (Phi) is 5.24. The van der Waals surface area contributed by atoms with Crippen LogP contribution in [0.2, 0.25) is 0 Å². The molecule has 0 unspecified atom stereocenters. The number of hydrogen-bond donors (Lipinski definition) is 1. The normalized spacial score (nSPS) is 12.7. The number of alkyl halides is 1. The van der Waals surface area contributed by atoms with Crippen LogP contribution in [0.3, 0.4) is 0 Å². The van der Waals surface area contributed by atoms with Crippen LogP contribution in [0, 0.1) is 11.2 Å². The van der Waals surface area contributed by atoms with Crippen molar-refractivity contribution >= 4 is 26.0 Å². The molecule has 0 aliphatic heterocycles. The van der Waals surface area contributed by atoms with Gasteiger partial charge in [0.15, 0.2) is 0 Å². The number of hydrogen-bond acceptors (Lipinski definition) is 3. The molecule has 102 valence electrons. The average Bonchev–Trinajstić information content (AvgIpc) is 2.27. The minimum atomic E-state index is -3.70. The molecule has 18 heavy (non-hydrogen) atoms. The molecule has 0 bridgehead atoms. The third-order valence-corrected chi connectivity index (χ3v) is 4.27. The van der Waals surface area contributed by atoms with Gasteiger partial charge >= 0.3 is 0 Å². The van der Waals surface area contributed by atoms with Crippen LogP contribution >= 0.6 is 15.9 Å². The van der Waals surface area contributed by atoms with Gasteiger partial charge in [-0.05, 0) is 17.9 Å². The Labute approximate surface area is 115 Å². The molecule has 7 heteroatoms. The number of nitrogens with one attached hydrogen (secondary N) is 1. The highest BCUT2D eigenvalue weighted by Crippen LogP contribution is 2.21. The van der Waals surface area contributed by atoms with Crippen LogP contribution in [0.4, 0.5) is 4.39 Å². The maximum absolute atomic E-state index is 12.9. The van der Waals surface area contributed by atoms with Crippen molar-refractivity contribution in [3.05, 3.63) is 24.3 Å². The Balaban J connectivity index is 2.78. The van der Waals surface area contributed by atoms with Gasteiger partial charge < -0.3 is 0 Å². The van der Waals surface area contributed by atoms with Crippen molar-refractivity contribution in [2.24, 2.45) is 5.41 Å². The number of nitrogens with zero attached hydrogens (tertiary/aromatic N) is 1. The zero-order chi connectivity index (χ0) is 13.8. The standard InChI is InChI=1S/C11H16BrFN2O2S/c1-11(2,3-4-12)8-15-18(16,17)10-5-9(13)6-14-7-10/h5-7,15H,3-4,8H2,1-2H3. The highest BCUT2D eigenvalue weighted by atomic mass is 79.9. The third kappa shape index (κ3) is 4.62. The van der Waals surface area contributed by atoms with Crippen LogP contribution < -0.4 is 4.72 Å². The number of halogens is 2. The molecule has 0 aliphatic carbocycles. The fraction of sp³-hybridized carbons (Fsp3) is 0.545. The van der Waals surface area contributed by atoms with Crippen molar-refractivity contribution in [2.75, 3.05) is 11.9 Å². The van der Waals surface area contributed by atoms with E-state index >= 15 is 0 Å². The molecular formula is C11H16BrFN2O2S. The highest BCUT2D eigenvalue weighted by molar-refractivity contribution is 9.09. The Morgan fingerprint density at radius 1 is 1.44 bits per heavy atom. The third-order valence-electron chi connectivity index (χ3n) is 2.50. The lowest BCUT2D eigenvalue weighted by molar-refractivity contribution is 0.354. The largest absolute Gasteiger partial charge is 0.260 e. The summed E-state index contributed by atoms with van der Waals surface area (Å²) in [5, 5.41) is 0.795. The van der Waals surface area contributed by atoms with Gasteiger partial charge in [0, 0.05) is 18.1 Å². The summed E-state index contributed by atoms with van der Waals surface area (Å²) >= 11 is 3.32. The van der Waals surface area contributed by atoms with Crippen molar-refractivity contribution in [2.45, 2.75) is 25.2 Å². The Hall–Kier alpha value is -0.530. The Bertz CT molecular complexity index is 506. The van der Waals surface area contributed by atoms with E-state index in [1.54, 1.807) is 0 Å². The summed E-state index contributed by atoms with van der Waals surface area (Å²) in [4.78, 5) is 3.37. The van der Waals surface area contributed by atoms with E-state index in [9.17, 15) is 12.8 Å². The molecule has 4 nitrogen and oxygen atoms in total. The lowest BCUT2D eigenvalue weighted by Crippen LogP contribution is -2.34. The molecule has 0 saturated heterocycles. The summed E-state index contributed by atoms with van der Waals surface area (Å²) in [5.74, 6) is -0.669. The molecule has 0 fully saturated rings. The fourth-order valence-corrected chi connectivity index (χ4v) is 3.55. The van der Waals surface area contributed by atoms with Crippen LogP contribution in [0.5, 0.6) is 0 Å². The van der Waals surface area contributed by atoms with Crippen molar-refractivity contribution in [1.82, 2.24) is 9.71 Å². The minimum absolute atomic E-state index is 0.155. The van der Waals surface area contributed by atoms with E-state index in [1.807, 2.05) is 13.8 Å². The van der Waals surface area contributed by atoms with Gasteiger partial charge in [-0.25, -0.2) is 17.5 Å². The molecule has 1 rings (SSSR count). The average molecular weight is 339 g/mol. The first-order valence-corrected chi connectivity index (χ1v) is 8.03. The van der Waals surface area contributed by atoms with E-state index in [0.29, 0.717) is 0 Å². The monoisotopic (exact) mass is 338 g/mol. The van der Waals surface area contributed by atoms with E-state index < -0.39 is 15.8 Å². The van der Waals surface area contributed by atoms with Crippen molar-refractivity contribution in [3.8, 4) is 0 Å². The lowest BCUT2D eigenvalue weighted by atomic mass is 9.91. The summed E-state index contributed by atoms with van der Waals surface area (Å²) in [6.45, 7) is 4.21. The summed E-state index contributed by atoms with van der Waals surface area (Å²) in [5.41, 5.74) is -0.169. The number of aromatic nitrogens is 1. The van der Waals surface area contributed by atoms with E-state index in [1.165, 1.54) is 0 Å². The summed E-state index contributed by atoms with van der Waals surface area (Å²) in [6, 6.07) is 0.951. The Morgan fingerprint density at radius 2 is 2.11 bits per heavy atom. The number of sulfonamides is 1. The quantitative estimate of drug-likeness (QED) is 0.809. The zero-order valence-electron chi connectivity index (χ0n) is 10.3.